The van der Waals surface area contributed by atoms with Crippen molar-refractivity contribution in [2.24, 2.45) is 10.6 Å². The lowest BCUT2D eigenvalue weighted by atomic mass is 9.81. The second kappa shape index (κ2) is 7.08. The van der Waals surface area contributed by atoms with Crippen LogP contribution in [0.15, 0.2) is 36.0 Å². The summed E-state index contributed by atoms with van der Waals surface area (Å²) in [6.45, 7) is 7.41. The van der Waals surface area contributed by atoms with E-state index in [2.05, 4.69) is 17.2 Å². The quantitative estimate of drug-likeness (QED) is 0.392. The van der Waals surface area contributed by atoms with E-state index in [0.29, 0.717) is 27.8 Å². The number of nitrogens with one attached hydrogen (secondary N) is 1. The minimum atomic E-state index is -0.969. The zero-order chi connectivity index (χ0) is 18.8. The molecule has 7 heteroatoms. The fourth-order valence-corrected chi connectivity index (χ4v) is 2.77. The topological polar surface area (TPSA) is 100 Å². The number of nitrogens with zero attached hydrogens (tertiary/aromatic N) is 1. The van der Waals surface area contributed by atoms with Crippen molar-refractivity contribution in [3.8, 4) is 11.5 Å². The molecule has 0 spiro atoms. The molecule has 0 aliphatic rings. The van der Waals surface area contributed by atoms with E-state index in [-0.39, 0.29) is 11.4 Å². The zero-order valence-corrected chi connectivity index (χ0v) is 14.7. The highest BCUT2D eigenvalue weighted by Gasteiger charge is 2.31. The van der Waals surface area contributed by atoms with Gasteiger partial charge in [-0.2, -0.15) is 0 Å². The summed E-state index contributed by atoms with van der Waals surface area (Å²) in [6, 6.07) is 4.57. The fourth-order valence-electron chi connectivity index (χ4n) is 2.77. The lowest BCUT2D eigenvalue weighted by Crippen LogP contribution is -2.20. The Balaban J connectivity index is 3.00. The van der Waals surface area contributed by atoms with E-state index < -0.39 is 11.5 Å². The van der Waals surface area contributed by atoms with Gasteiger partial charge in [0.1, 0.15) is 17.2 Å². The highest BCUT2D eigenvalue weighted by molar-refractivity contribution is 6.08. The molecule has 0 radical (unpaired) electrons. The van der Waals surface area contributed by atoms with Crippen molar-refractivity contribution in [1.82, 2.24) is 0 Å². The van der Waals surface area contributed by atoms with Crippen LogP contribution < -0.4 is 15.0 Å². The summed E-state index contributed by atoms with van der Waals surface area (Å²) in [5, 5.41) is 24.1. The third-order valence-electron chi connectivity index (χ3n) is 4.37. The van der Waals surface area contributed by atoms with Crippen LogP contribution in [-0.4, -0.2) is 24.5 Å². The Bertz CT molecular complexity index is 817. The molecule has 0 amide bonds. The lowest BCUT2D eigenvalue weighted by Gasteiger charge is -2.29. The van der Waals surface area contributed by atoms with Crippen LogP contribution in [0.2, 0.25) is 0 Å². The Kier molecular flexibility index (Phi) is 5.30. The maximum atomic E-state index is 11.3. The van der Waals surface area contributed by atoms with Gasteiger partial charge in [-0.1, -0.05) is 19.9 Å². The van der Waals surface area contributed by atoms with Gasteiger partial charge in [0.25, 0.3) is 0 Å². The predicted octanol–water partition coefficient (Wildman–Crippen LogP) is 4.30. The van der Waals surface area contributed by atoms with E-state index in [1.165, 1.54) is 26.4 Å². The van der Waals surface area contributed by atoms with Crippen molar-refractivity contribution < 1.29 is 19.8 Å². The molecule has 7 nitrogen and oxygen atoms in total. The van der Waals surface area contributed by atoms with Gasteiger partial charge in [0.05, 0.1) is 36.8 Å². The number of ether oxygens (including phenoxy) is 2. The van der Waals surface area contributed by atoms with E-state index >= 15 is 0 Å². The normalized spacial score (nSPS) is 12.6. The van der Waals surface area contributed by atoms with Crippen molar-refractivity contribution in [3.63, 3.8) is 0 Å². The van der Waals surface area contributed by atoms with Crippen molar-refractivity contribution in [3.05, 3.63) is 41.3 Å². The largest absolute Gasteiger partial charge is 0.496 e. The van der Waals surface area contributed by atoms with Crippen molar-refractivity contribution in [1.29, 1.82) is 0 Å². The van der Waals surface area contributed by atoms with Crippen LogP contribution in [0.3, 0.4) is 0 Å². The summed E-state index contributed by atoms with van der Waals surface area (Å²) >= 11 is 0. The van der Waals surface area contributed by atoms with Gasteiger partial charge >= 0.3 is 0 Å². The van der Waals surface area contributed by atoms with Gasteiger partial charge in [0, 0.05) is 11.0 Å². The first kappa shape index (κ1) is 18.7. The van der Waals surface area contributed by atoms with Crippen LogP contribution in [0.25, 0.3) is 10.8 Å². The van der Waals surface area contributed by atoms with Crippen molar-refractivity contribution in [2.45, 2.75) is 20.0 Å². The monoisotopic (exact) mass is 346 g/mol. The molecule has 0 fully saturated rings. The maximum Gasteiger partial charge on any atom is 0.135 e. The summed E-state index contributed by atoms with van der Waals surface area (Å²) in [4.78, 5) is 11.3. The molecule has 0 aliphatic carbocycles. The average molecular weight is 346 g/mol. The second-order valence-corrected chi connectivity index (χ2v) is 6.21. The van der Waals surface area contributed by atoms with E-state index in [4.69, 9.17) is 9.47 Å². The first-order chi connectivity index (χ1) is 11.9. The highest BCUT2D eigenvalue weighted by atomic mass is 16.5. The molecule has 25 heavy (non-hydrogen) atoms. The molecular weight excluding hydrogens is 324 g/mol. The molecule has 0 heterocycles. The smallest absolute Gasteiger partial charge is 0.135 e. The number of aliphatic hydroxyl groups is 1. The summed E-state index contributed by atoms with van der Waals surface area (Å²) in [7, 11) is 2.89. The van der Waals surface area contributed by atoms with Gasteiger partial charge in [-0.05, 0) is 23.4 Å². The highest BCUT2D eigenvalue weighted by Crippen LogP contribution is 2.49. The lowest BCUT2D eigenvalue weighted by molar-refractivity contribution is 0.0797. The fraction of sp³-hybridized carbons (Fsp3) is 0.333. The molecule has 2 aromatic carbocycles. The van der Waals surface area contributed by atoms with E-state index in [1.54, 1.807) is 12.1 Å². The van der Waals surface area contributed by atoms with Crippen LogP contribution in [0.4, 0.5) is 11.4 Å². The molecule has 3 N–H and O–H groups in total. The first-order valence-electron chi connectivity index (χ1n) is 7.63. The van der Waals surface area contributed by atoms with Gasteiger partial charge in [0.2, 0.25) is 0 Å². The number of benzene rings is 2. The van der Waals surface area contributed by atoms with E-state index in [1.807, 2.05) is 13.8 Å². The number of nitroso groups, excluding NO2 is 1. The van der Waals surface area contributed by atoms with Gasteiger partial charge in [-0.15, -0.1) is 11.5 Å². The number of anilines is 1. The van der Waals surface area contributed by atoms with Crippen LogP contribution in [0.5, 0.6) is 11.5 Å². The molecule has 134 valence electrons. The molecule has 0 saturated heterocycles. The number of methoxy groups -OCH3 is 2. The minimum absolute atomic E-state index is 0.106. The molecule has 1 unspecified atom stereocenters. The van der Waals surface area contributed by atoms with Crippen LogP contribution in [0.1, 0.15) is 25.5 Å². The number of fused-ring (bicyclic) bond motifs is 1. The molecular formula is C18H22N2O5. The molecule has 0 saturated carbocycles. The van der Waals surface area contributed by atoms with Crippen LogP contribution in [-0.2, 0) is 0 Å². The molecule has 0 aliphatic heterocycles. The van der Waals surface area contributed by atoms with Gasteiger partial charge < -0.3 is 14.6 Å². The van der Waals surface area contributed by atoms with E-state index in [9.17, 15) is 15.2 Å². The SMILES string of the molecule is C=CC(C)(C)C(O)c1cc(OC)c2c(NO)ccc(N=O)c2c1OC. The standard InChI is InChI=1S/C18H22N2O5/c1-6-18(2,3)17(21)10-9-13(24-4)14-11(19-22)7-8-12(20-23)15(14)16(10)25-5/h6-9,17,19,21-22H,1H2,2-5H3. The number of aliphatic hydroxyl groups excluding tert-OH is 1. The zero-order valence-electron chi connectivity index (χ0n) is 14.7. The van der Waals surface area contributed by atoms with E-state index in [0.717, 1.165) is 0 Å². The number of rotatable bonds is 7. The average Bonchev–Trinajstić information content (AvgIpc) is 2.64. The third-order valence-corrected chi connectivity index (χ3v) is 4.37. The molecule has 2 aromatic rings. The first-order valence-corrected chi connectivity index (χ1v) is 7.63. The second-order valence-electron chi connectivity index (χ2n) is 6.21. The summed E-state index contributed by atoms with van der Waals surface area (Å²) < 4.78 is 10.9. The minimum Gasteiger partial charge on any atom is -0.496 e. The number of hydrogen-bond donors (Lipinski definition) is 3. The Labute approximate surface area is 145 Å². The Hall–Kier alpha value is -2.64. The summed E-state index contributed by atoms with van der Waals surface area (Å²) in [6.07, 6.45) is 0.668. The van der Waals surface area contributed by atoms with Gasteiger partial charge in [-0.25, -0.2) is 0 Å². The molecule has 1 atom stereocenters. The van der Waals surface area contributed by atoms with Crippen molar-refractivity contribution >= 4 is 22.1 Å². The Morgan fingerprint density at radius 1 is 1.28 bits per heavy atom. The van der Waals surface area contributed by atoms with Crippen molar-refractivity contribution in [2.75, 3.05) is 19.7 Å². The molecule has 0 aromatic heterocycles. The number of hydrogen-bond acceptors (Lipinski definition) is 7. The Morgan fingerprint density at radius 3 is 2.44 bits per heavy atom. The maximum absolute atomic E-state index is 11.3. The predicted molar refractivity (Wildman–Crippen MR) is 96.9 cm³/mol. The molecule has 0 bridgehead atoms. The Morgan fingerprint density at radius 2 is 1.96 bits per heavy atom. The molecule has 2 rings (SSSR count). The van der Waals surface area contributed by atoms with Crippen LogP contribution in [0, 0.1) is 10.3 Å². The third kappa shape index (κ3) is 3.04. The van der Waals surface area contributed by atoms with Gasteiger partial charge in [0.15, 0.2) is 0 Å². The summed E-state index contributed by atoms with van der Waals surface area (Å²) in [5.41, 5.74) is 2.27. The van der Waals surface area contributed by atoms with Gasteiger partial charge in [-0.3, -0.25) is 10.7 Å². The summed E-state index contributed by atoms with van der Waals surface area (Å²) in [5.74, 6) is 0.636. The van der Waals surface area contributed by atoms with Crippen LogP contribution >= 0.6 is 0 Å².